The lowest BCUT2D eigenvalue weighted by atomic mass is 9.81. The lowest BCUT2D eigenvalue weighted by Crippen LogP contribution is -2.53. The van der Waals surface area contributed by atoms with Gasteiger partial charge in [0.25, 0.3) is 15.7 Å². The molecule has 0 radical (unpaired) electrons. The van der Waals surface area contributed by atoms with E-state index in [1.807, 2.05) is 55.5 Å². The smallest absolute Gasteiger partial charge is 0.407 e. The number of nitrogens with zero attached hydrogens (tertiary/aromatic N) is 2. The maximum absolute atomic E-state index is 14.1. The number of ether oxygens (including phenoxy) is 3. The quantitative estimate of drug-likeness (QED) is 0.0160. The molecular formula is C64H67ClN10O17S. The number of carbonyl (C=O) groups excluding carboxylic acids is 9. The summed E-state index contributed by atoms with van der Waals surface area (Å²) in [6.07, 6.45) is -0.871. The molecule has 0 fully saturated rings. The molecule has 0 saturated heterocycles. The summed E-state index contributed by atoms with van der Waals surface area (Å²) in [5.74, 6) is -7.30. The number of benzene rings is 4. The molecular weight excluding hydrogens is 1250 g/mol. The Morgan fingerprint density at radius 3 is 2.13 bits per heavy atom. The fourth-order valence-corrected chi connectivity index (χ4v) is 12.7. The molecule has 29 heteroatoms. The number of fused-ring (bicyclic) bond motifs is 8. The van der Waals surface area contributed by atoms with E-state index >= 15 is 0 Å². The number of nitrogens with one attached hydrogen (secondary N) is 8. The van der Waals surface area contributed by atoms with Gasteiger partial charge in [-0.1, -0.05) is 97.4 Å². The van der Waals surface area contributed by atoms with Gasteiger partial charge in [-0.3, -0.25) is 42.9 Å². The monoisotopic (exact) mass is 1310 g/mol. The molecule has 27 nitrogen and oxygen atoms in total. The minimum absolute atomic E-state index is 0.0369. The van der Waals surface area contributed by atoms with Gasteiger partial charge in [0.2, 0.25) is 41.4 Å². The molecule has 2 aliphatic carbocycles. The molecule has 4 aliphatic rings. The zero-order valence-electron chi connectivity index (χ0n) is 50.5. The van der Waals surface area contributed by atoms with Gasteiger partial charge >= 0.3 is 12.1 Å². The van der Waals surface area contributed by atoms with Crippen LogP contribution in [0.2, 0.25) is 5.02 Å². The average Bonchev–Trinajstić information content (AvgIpc) is 1.63. The Hall–Kier alpha value is -9.61. The molecule has 2 aromatic heterocycles. The van der Waals surface area contributed by atoms with Crippen LogP contribution >= 0.6 is 11.6 Å². The van der Waals surface area contributed by atoms with Crippen LogP contribution in [0.15, 0.2) is 95.8 Å². The summed E-state index contributed by atoms with van der Waals surface area (Å²) in [4.78, 5) is 138. The highest BCUT2D eigenvalue weighted by Gasteiger charge is 2.46. The molecule has 4 atom stereocenters. The Morgan fingerprint density at radius 2 is 1.44 bits per heavy atom. The van der Waals surface area contributed by atoms with Crippen LogP contribution in [0.5, 0.6) is 0 Å². The first-order valence-corrected chi connectivity index (χ1v) is 31.9. The normalized spacial score (nSPS) is 16.4. The summed E-state index contributed by atoms with van der Waals surface area (Å²) >= 11 is 6.72. The lowest BCUT2D eigenvalue weighted by Gasteiger charge is -2.31. The summed E-state index contributed by atoms with van der Waals surface area (Å²) in [5.41, 5.74) is 6.82. The fourth-order valence-electron chi connectivity index (χ4n) is 12.1. The second-order valence-corrected chi connectivity index (χ2v) is 24.8. The van der Waals surface area contributed by atoms with Crippen molar-refractivity contribution >= 4 is 86.0 Å². The van der Waals surface area contributed by atoms with Gasteiger partial charge in [0.15, 0.2) is 5.60 Å². The Balaban J connectivity index is 0.698. The van der Waals surface area contributed by atoms with Crippen molar-refractivity contribution in [1.29, 1.82) is 0 Å². The molecule has 10 rings (SSSR count). The summed E-state index contributed by atoms with van der Waals surface area (Å²) in [7, 11) is -4.39. The van der Waals surface area contributed by atoms with Gasteiger partial charge < -0.3 is 66.4 Å². The fraction of sp³-hybridized carbons (Fsp3) is 0.359. The maximum atomic E-state index is 14.1. The number of aryl methyl sites for hydroxylation is 1. The number of esters is 1. The zero-order chi connectivity index (χ0) is 66.3. The van der Waals surface area contributed by atoms with Gasteiger partial charge in [0, 0.05) is 46.8 Å². The molecule has 488 valence electrons. The van der Waals surface area contributed by atoms with Crippen molar-refractivity contribution in [3.05, 3.63) is 156 Å². The second kappa shape index (κ2) is 28.5. The number of hydrogen-bond donors (Lipinski definition) is 10. The predicted octanol–water partition coefficient (Wildman–Crippen LogP) is 2.00. The summed E-state index contributed by atoms with van der Waals surface area (Å²) < 4.78 is 49.2. The standard InChI is InChI=1S/C64H67ClN10O17S/c1-3-64(86)44-24-50-58-41(29-75(50)61(83)43(44)31-91-62(64)84)57-46(18-17-36-34(2)45(65)25-48(73-58)56(36)57)71-55(80)32-90-33-70-53(78)27-69-60(82)49(23-35-11-5-4-6-12-35)72-54(79)28-67-52(77)26-68-59(81)47(19-20-51(76)66-21-22-93(87,88)89)74-63(85)92-30-42-39-15-9-7-13-37(39)38-14-8-10-16-40(38)42/h4-16,24-25,42,46-47,49,86H,3,17-23,26-33H2,1-2H3,(H,66,76)(H,67,77)(H,68,81)(H,69,82)(H,70,78)(H,71,80)(H,72,79)(H,74,85)(H,87,88,89)/t46-,47-,49-,64-/m0/s1. The van der Waals surface area contributed by atoms with Crippen LogP contribution in [0.25, 0.3) is 33.4 Å². The van der Waals surface area contributed by atoms with Crippen LogP contribution in [0.1, 0.15) is 94.6 Å². The van der Waals surface area contributed by atoms with Crippen LogP contribution < -0.4 is 48.1 Å². The van der Waals surface area contributed by atoms with Crippen molar-refractivity contribution in [2.75, 3.05) is 51.9 Å². The zero-order valence-corrected chi connectivity index (χ0v) is 52.1. The van der Waals surface area contributed by atoms with E-state index in [2.05, 4.69) is 42.5 Å². The third-order valence-corrected chi connectivity index (χ3v) is 18.0. The number of rotatable bonds is 26. The first-order chi connectivity index (χ1) is 44.5. The molecule has 0 bridgehead atoms. The van der Waals surface area contributed by atoms with Crippen molar-refractivity contribution in [3.63, 3.8) is 0 Å². The van der Waals surface area contributed by atoms with Gasteiger partial charge in [-0.15, -0.1) is 0 Å². The van der Waals surface area contributed by atoms with E-state index in [-0.39, 0.29) is 56.1 Å². The number of pyridine rings is 2. The third kappa shape index (κ3) is 15.0. The van der Waals surface area contributed by atoms with Crippen molar-refractivity contribution in [2.45, 2.75) is 95.2 Å². The molecule has 6 aromatic rings. The van der Waals surface area contributed by atoms with E-state index < -0.39 is 145 Å². The van der Waals surface area contributed by atoms with Crippen molar-refractivity contribution in [2.24, 2.45) is 0 Å². The third-order valence-electron chi connectivity index (χ3n) is 16.8. The Labute approximate surface area is 537 Å². The molecule has 93 heavy (non-hydrogen) atoms. The number of cyclic esters (lactones) is 1. The van der Waals surface area contributed by atoms with E-state index in [9.17, 15) is 61.5 Å². The Kier molecular flexibility index (Phi) is 20.3. The van der Waals surface area contributed by atoms with Crippen LogP contribution in [0, 0.1) is 6.92 Å². The summed E-state index contributed by atoms with van der Waals surface area (Å²) in [6, 6.07) is 23.9. The highest BCUT2D eigenvalue weighted by atomic mass is 35.5. The molecule has 8 amide bonds. The average molecular weight is 1320 g/mol. The molecule has 0 saturated carbocycles. The van der Waals surface area contributed by atoms with Crippen LogP contribution in [0.4, 0.5) is 4.79 Å². The SMILES string of the molecule is CC[C@@]1(O)C(=O)OCc2c1cc1n(c2=O)Cc2c-1nc1cc(Cl)c(C)c3c1c2[C@@H](NC(=O)COCNC(=O)CNC(=O)[C@H](Cc1ccccc1)NC(=O)CNC(=O)CNC(=O)[C@H](CCC(=O)NCCS(=O)(=O)O)NC(=O)OCC1c2ccccc2-c2ccccc21)CC3. The molecule has 10 N–H and O–H groups in total. The topological polar surface area (TPSA) is 387 Å². The number of amides is 8. The summed E-state index contributed by atoms with van der Waals surface area (Å²) in [6.45, 7) is -0.162. The van der Waals surface area contributed by atoms with Crippen molar-refractivity contribution in [3.8, 4) is 22.5 Å². The van der Waals surface area contributed by atoms with Gasteiger partial charge in [0.05, 0.1) is 60.4 Å². The van der Waals surface area contributed by atoms with Crippen molar-refractivity contribution in [1.82, 2.24) is 52.1 Å². The highest BCUT2D eigenvalue weighted by molar-refractivity contribution is 7.85. The second-order valence-electron chi connectivity index (χ2n) is 22.8. The number of carbonyl (C=O) groups is 9. The number of halogens is 1. The van der Waals surface area contributed by atoms with E-state index in [0.717, 1.165) is 44.3 Å². The predicted molar refractivity (Wildman–Crippen MR) is 334 cm³/mol. The number of hydrogen-bond acceptors (Lipinski definition) is 17. The van der Waals surface area contributed by atoms with E-state index in [1.54, 1.807) is 49.4 Å². The molecule has 2 aliphatic heterocycles. The molecule has 0 unspecified atom stereocenters. The van der Waals surface area contributed by atoms with Crippen LogP contribution in [0.3, 0.4) is 0 Å². The van der Waals surface area contributed by atoms with Gasteiger partial charge in [-0.05, 0) is 89.2 Å². The van der Waals surface area contributed by atoms with Gasteiger partial charge in [-0.2, -0.15) is 8.42 Å². The largest absolute Gasteiger partial charge is 0.458 e. The number of aliphatic hydroxyl groups is 1. The van der Waals surface area contributed by atoms with E-state index in [0.29, 0.717) is 45.9 Å². The maximum Gasteiger partial charge on any atom is 0.407 e. The lowest BCUT2D eigenvalue weighted by molar-refractivity contribution is -0.172. The first-order valence-electron chi connectivity index (χ1n) is 30.0. The first kappa shape index (κ1) is 66.3. The Bertz CT molecular complexity index is 4140. The Morgan fingerprint density at radius 1 is 0.785 bits per heavy atom. The van der Waals surface area contributed by atoms with Crippen LogP contribution in [-0.2, 0) is 94.3 Å². The molecule has 4 heterocycles. The number of alkyl carbamates (subject to hydrolysis) is 1. The highest BCUT2D eigenvalue weighted by Crippen LogP contribution is 2.47. The van der Waals surface area contributed by atoms with Crippen molar-refractivity contribution < 1.29 is 75.4 Å². The molecule has 0 spiro atoms. The summed E-state index contributed by atoms with van der Waals surface area (Å²) in [5, 5.41) is 32.7. The van der Waals surface area contributed by atoms with Crippen LogP contribution in [-0.4, -0.2) is 145 Å². The van der Waals surface area contributed by atoms with E-state index in [1.165, 1.54) is 4.57 Å². The minimum atomic E-state index is -4.39. The van der Waals surface area contributed by atoms with Gasteiger partial charge in [-0.25, -0.2) is 14.6 Å². The van der Waals surface area contributed by atoms with Gasteiger partial charge in [0.1, 0.15) is 38.6 Å². The molecule has 4 aromatic carbocycles. The van der Waals surface area contributed by atoms with E-state index in [4.69, 9.17) is 35.3 Å². The minimum Gasteiger partial charge on any atom is -0.458 e. The number of aromatic nitrogens is 2.